The molecule has 0 radical (unpaired) electrons. The van der Waals surface area contributed by atoms with E-state index in [0.717, 1.165) is 35.2 Å². The Kier molecular flexibility index (Phi) is 4.42. The molecule has 0 saturated carbocycles. The second-order valence-electron chi connectivity index (χ2n) is 5.83. The van der Waals surface area contributed by atoms with Gasteiger partial charge in [-0.05, 0) is 61.7 Å². The predicted octanol–water partition coefficient (Wildman–Crippen LogP) is 4.00. The summed E-state index contributed by atoms with van der Waals surface area (Å²) < 4.78 is 0. The highest BCUT2D eigenvalue weighted by molar-refractivity contribution is 5.74. The number of aryl methyl sites for hydroxylation is 1. The van der Waals surface area contributed by atoms with E-state index < -0.39 is 0 Å². The Morgan fingerprint density at radius 2 is 1.74 bits per heavy atom. The zero-order chi connectivity index (χ0) is 16.2. The van der Waals surface area contributed by atoms with Crippen LogP contribution >= 0.6 is 0 Å². The van der Waals surface area contributed by atoms with Gasteiger partial charge in [0, 0.05) is 19.8 Å². The number of nitrogens with zero attached hydrogens (tertiary/aromatic N) is 4. The topological polar surface area (TPSA) is 34.0 Å². The van der Waals surface area contributed by atoms with Crippen LogP contribution in [0.4, 0.5) is 5.69 Å². The van der Waals surface area contributed by atoms with Gasteiger partial charge in [-0.25, -0.2) is 0 Å². The molecule has 3 aromatic rings. The Bertz CT molecular complexity index is 813. The SMILES string of the molecule is C/C=C/CCc1ccc2nn(-c3ccc(N(C)C)cc3)nc2c1. The number of aromatic nitrogens is 3. The summed E-state index contributed by atoms with van der Waals surface area (Å²) in [5.41, 5.74) is 5.31. The van der Waals surface area contributed by atoms with Crippen molar-refractivity contribution in [2.45, 2.75) is 19.8 Å². The number of allylic oxidation sites excluding steroid dienone is 2. The van der Waals surface area contributed by atoms with Crippen molar-refractivity contribution in [3.63, 3.8) is 0 Å². The van der Waals surface area contributed by atoms with Crippen LogP contribution in [-0.2, 0) is 6.42 Å². The summed E-state index contributed by atoms with van der Waals surface area (Å²) in [7, 11) is 4.06. The monoisotopic (exact) mass is 306 g/mol. The van der Waals surface area contributed by atoms with E-state index in [1.165, 1.54) is 5.56 Å². The molecule has 4 nitrogen and oxygen atoms in total. The van der Waals surface area contributed by atoms with E-state index in [2.05, 4.69) is 64.5 Å². The largest absolute Gasteiger partial charge is 0.378 e. The number of hydrogen-bond acceptors (Lipinski definition) is 3. The fraction of sp³-hybridized carbons (Fsp3) is 0.263. The molecule has 0 unspecified atom stereocenters. The third-order valence-corrected chi connectivity index (χ3v) is 3.88. The number of benzene rings is 2. The average Bonchev–Trinajstić information content (AvgIpc) is 2.98. The second kappa shape index (κ2) is 6.65. The van der Waals surface area contributed by atoms with E-state index in [9.17, 15) is 0 Å². The van der Waals surface area contributed by atoms with E-state index in [-0.39, 0.29) is 0 Å². The molecule has 0 aliphatic carbocycles. The second-order valence-corrected chi connectivity index (χ2v) is 5.83. The standard InChI is InChI=1S/C19H22N4/c1-4-5-6-7-15-8-13-18-19(14-15)21-23(20-18)17-11-9-16(10-12-17)22(2)3/h4-5,8-14H,6-7H2,1-3H3/b5-4+. The zero-order valence-electron chi connectivity index (χ0n) is 13.9. The molecule has 23 heavy (non-hydrogen) atoms. The Balaban J connectivity index is 1.87. The number of fused-ring (bicyclic) bond motifs is 1. The summed E-state index contributed by atoms with van der Waals surface area (Å²) in [6.07, 6.45) is 6.37. The molecule has 1 heterocycles. The lowest BCUT2D eigenvalue weighted by Gasteiger charge is -2.12. The molecule has 0 aliphatic heterocycles. The first kappa shape index (κ1) is 15.3. The molecule has 0 saturated heterocycles. The molecule has 0 N–H and O–H groups in total. The van der Waals surface area contributed by atoms with Crippen molar-refractivity contribution < 1.29 is 0 Å². The number of rotatable bonds is 5. The Morgan fingerprint density at radius 1 is 1.00 bits per heavy atom. The van der Waals surface area contributed by atoms with Crippen LogP contribution in [0.5, 0.6) is 0 Å². The summed E-state index contributed by atoms with van der Waals surface area (Å²) in [6.45, 7) is 2.05. The molecule has 0 fully saturated rings. The minimum absolute atomic E-state index is 0.927. The van der Waals surface area contributed by atoms with Crippen LogP contribution in [0.1, 0.15) is 18.9 Å². The molecular weight excluding hydrogens is 284 g/mol. The molecule has 0 aliphatic rings. The summed E-state index contributed by atoms with van der Waals surface area (Å²) in [4.78, 5) is 3.79. The molecule has 3 rings (SSSR count). The minimum Gasteiger partial charge on any atom is -0.378 e. The van der Waals surface area contributed by atoms with Gasteiger partial charge in [0.05, 0.1) is 5.69 Å². The summed E-state index contributed by atoms with van der Waals surface area (Å²) in [5.74, 6) is 0. The maximum absolute atomic E-state index is 4.62. The Labute approximate surface area is 137 Å². The summed E-state index contributed by atoms with van der Waals surface area (Å²) in [5, 5.41) is 9.19. The smallest absolute Gasteiger partial charge is 0.113 e. The fourth-order valence-electron chi connectivity index (χ4n) is 2.53. The lowest BCUT2D eigenvalue weighted by Crippen LogP contribution is -2.08. The third-order valence-electron chi connectivity index (χ3n) is 3.88. The van der Waals surface area contributed by atoms with Crippen molar-refractivity contribution >= 4 is 16.7 Å². The van der Waals surface area contributed by atoms with Gasteiger partial charge in [-0.2, -0.15) is 4.80 Å². The van der Waals surface area contributed by atoms with Crippen LogP contribution < -0.4 is 4.90 Å². The highest BCUT2D eigenvalue weighted by atomic mass is 15.5. The van der Waals surface area contributed by atoms with Crippen molar-refractivity contribution in [3.8, 4) is 5.69 Å². The molecule has 2 aromatic carbocycles. The lowest BCUT2D eigenvalue weighted by molar-refractivity contribution is 0.765. The van der Waals surface area contributed by atoms with Crippen molar-refractivity contribution in [1.29, 1.82) is 0 Å². The van der Waals surface area contributed by atoms with E-state index in [0.29, 0.717) is 0 Å². The zero-order valence-corrected chi connectivity index (χ0v) is 13.9. The van der Waals surface area contributed by atoms with Crippen molar-refractivity contribution in [1.82, 2.24) is 15.0 Å². The lowest BCUT2D eigenvalue weighted by atomic mass is 10.1. The van der Waals surface area contributed by atoms with E-state index in [4.69, 9.17) is 0 Å². The van der Waals surface area contributed by atoms with Crippen LogP contribution in [-0.4, -0.2) is 29.1 Å². The molecule has 118 valence electrons. The molecule has 1 aromatic heterocycles. The first-order valence-corrected chi connectivity index (χ1v) is 7.92. The van der Waals surface area contributed by atoms with E-state index in [1.807, 2.05) is 26.2 Å². The van der Waals surface area contributed by atoms with Crippen LogP contribution in [0, 0.1) is 0 Å². The molecule has 0 amide bonds. The van der Waals surface area contributed by atoms with Gasteiger partial charge in [0.15, 0.2) is 0 Å². The molecule has 0 atom stereocenters. The van der Waals surface area contributed by atoms with Gasteiger partial charge in [0.25, 0.3) is 0 Å². The van der Waals surface area contributed by atoms with Crippen LogP contribution in [0.3, 0.4) is 0 Å². The maximum atomic E-state index is 4.62. The van der Waals surface area contributed by atoms with Gasteiger partial charge in [-0.15, -0.1) is 10.2 Å². The quantitative estimate of drug-likeness (QED) is 0.668. The van der Waals surface area contributed by atoms with E-state index >= 15 is 0 Å². The predicted molar refractivity (Wildman–Crippen MR) is 96.3 cm³/mol. The van der Waals surface area contributed by atoms with Gasteiger partial charge in [-0.3, -0.25) is 0 Å². The van der Waals surface area contributed by atoms with Crippen molar-refractivity contribution in [3.05, 3.63) is 60.2 Å². The van der Waals surface area contributed by atoms with Crippen LogP contribution in [0.25, 0.3) is 16.7 Å². The van der Waals surface area contributed by atoms with Crippen molar-refractivity contribution in [2.75, 3.05) is 19.0 Å². The Hall–Kier alpha value is -2.62. The van der Waals surface area contributed by atoms with Crippen molar-refractivity contribution in [2.24, 2.45) is 0 Å². The number of anilines is 1. The van der Waals surface area contributed by atoms with Gasteiger partial charge in [0.2, 0.25) is 0 Å². The Morgan fingerprint density at radius 3 is 2.43 bits per heavy atom. The highest BCUT2D eigenvalue weighted by Crippen LogP contribution is 2.18. The summed E-state index contributed by atoms with van der Waals surface area (Å²) >= 11 is 0. The molecule has 4 heteroatoms. The molecule has 0 spiro atoms. The van der Waals surface area contributed by atoms with Crippen LogP contribution in [0.15, 0.2) is 54.6 Å². The van der Waals surface area contributed by atoms with Gasteiger partial charge in [-0.1, -0.05) is 18.2 Å². The minimum atomic E-state index is 0.927. The maximum Gasteiger partial charge on any atom is 0.113 e. The van der Waals surface area contributed by atoms with Gasteiger partial charge in [0.1, 0.15) is 11.0 Å². The fourth-order valence-corrected chi connectivity index (χ4v) is 2.53. The van der Waals surface area contributed by atoms with Gasteiger partial charge < -0.3 is 4.90 Å². The highest BCUT2D eigenvalue weighted by Gasteiger charge is 2.06. The summed E-state index contributed by atoms with van der Waals surface area (Å²) in [6, 6.07) is 14.6. The normalized spacial score (nSPS) is 11.4. The first-order chi connectivity index (χ1) is 11.2. The van der Waals surface area contributed by atoms with Gasteiger partial charge >= 0.3 is 0 Å². The third kappa shape index (κ3) is 3.42. The van der Waals surface area contributed by atoms with E-state index in [1.54, 1.807) is 4.80 Å². The number of hydrogen-bond donors (Lipinski definition) is 0. The molecule has 0 bridgehead atoms. The average molecular weight is 306 g/mol. The molecular formula is C19H22N4. The van der Waals surface area contributed by atoms with Crippen LogP contribution in [0.2, 0.25) is 0 Å². The first-order valence-electron chi connectivity index (χ1n) is 7.92.